The number of allylic oxidation sites excluding steroid dienone is 1. The lowest BCUT2D eigenvalue weighted by molar-refractivity contribution is -0.139. The van der Waals surface area contributed by atoms with Crippen LogP contribution in [0.2, 0.25) is 15.1 Å². The first-order valence-electron chi connectivity index (χ1n) is 14.9. The lowest BCUT2D eigenvalue weighted by Crippen LogP contribution is -2.40. The molecule has 0 unspecified atom stereocenters. The second-order valence-corrected chi connectivity index (χ2v) is 13.3. The number of thiazole rings is 1. The predicted octanol–water partition coefficient (Wildman–Crippen LogP) is 7.75. The molecule has 2 aromatic heterocycles. The van der Waals surface area contributed by atoms with E-state index in [2.05, 4.69) is 9.56 Å². The van der Waals surface area contributed by atoms with E-state index in [4.69, 9.17) is 44.3 Å². The molecule has 240 valence electrons. The zero-order valence-electron chi connectivity index (χ0n) is 26.0. The van der Waals surface area contributed by atoms with Gasteiger partial charge in [0.25, 0.3) is 5.56 Å². The fourth-order valence-corrected chi connectivity index (χ4v) is 7.49. The fraction of sp³-hybridized carbons (Fsp3) is 0.194. The molecular weight excluding hydrogens is 677 g/mol. The van der Waals surface area contributed by atoms with Crippen LogP contribution < -0.4 is 19.6 Å². The predicted molar refractivity (Wildman–Crippen MR) is 188 cm³/mol. The van der Waals surface area contributed by atoms with E-state index in [-0.39, 0.29) is 12.2 Å². The summed E-state index contributed by atoms with van der Waals surface area (Å²) < 4.78 is 15.5. The maximum absolute atomic E-state index is 14.1. The molecule has 5 aromatic rings. The standard InChI is InChI=1S/C36H30Cl3N3O4S/c1-5-45-35(44)32-21(3)40-36-42(33(32)28-8-6-7-9-29(28)38)34(43)31(47-36)17-24-16-20(2)41(22(24)4)26-12-14-27(15-13-26)46-19-23-10-11-25(37)18-30(23)39/h6-18,33H,5,19H2,1-4H3/b31-17-/t33-/m0/s1. The number of hydrogen-bond acceptors (Lipinski definition) is 6. The molecule has 1 aliphatic heterocycles. The number of ether oxygens (including phenoxy) is 2. The SMILES string of the molecule is CCOC(=O)C1=C(C)N=c2s/c(=C\c3cc(C)n(-c4ccc(OCc5ccc(Cl)cc5Cl)cc4)c3C)c(=O)n2[C@H]1c1ccccc1Cl. The van der Waals surface area contributed by atoms with Crippen molar-refractivity contribution in [2.45, 2.75) is 40.3 Å². The van der Waals surface area contributed by atoms with E-state index < -0.39 is 12.0 Å². The van der Waals surface area contributed by atoms with Gasteiger partial charge >= 0.3 is 5.97 Å². The van der Waals surface area contributed by atoms with Crippen LogP contribution >= 0.6 is 46.1 Å². The van der Waals surface area contributed by atoms with E-state index in [0.717, 1.165) is 28.2 Å². The van der Waals surface area contributed by atoms with E-state index in [1.807, 2.05) is 74.5 Å². The minimum atomic E-state index is -0.773. The molecule has 0 bridgehead atoms. The van der Waals surface area contributed by atoms with Crippen molar-refractivity contribution < 1.29 is 14.3 Å². The van der Waals surface area contributed by atoms with E-state index in [0.29, 0.717) is 53.6 Å². The van der Waals surface area contributed by atoms with Crippen LogP contribution in [0.5, 0.6) is 5.75 Å². The molecule has 0 aliphatic carbocycles. The molecule has 0 spiro atoms. The first kappa shape index (κ1) is 32.8. The molecule has 1 atom stereocenters. The molecule has 3 aromatic carbocycles. The molecule has 0 amide bonds. The molecule has 6 rings (SSSR count). The molecule has 1 aliphatic rings. The molecule has 0 fully saturated rings. The Morgan fingerprint density at radius 2 is 1.72 bits per heavy atom. The van der Waals surface area contributed by atoms with Crippen LogP contribution in [0.1, 0.15) is 48.0 Å². The Hall–Kier alpha value is -4.08. The molecule has 0 saturated carbocycles. The van der Waals surface area contributed by atoms with Gasteiger partial charge in [0.05, 0.1) is 22.4 Å². The quantitative estimate of drug-likeness (QED) is 0.155. The van der Waals surface area contributed by atoms with Crippen molar-refractivity contribution >= 4 is 58.2 Å². The second kappa shape index (κ2) is 13.6. The summed E-state index contributed by atoms with van der Waals surface area (Å²) in [6.45, 7) is 8.04. The van der Waals surface area contributed by atoms with Crippen LogP contribution in [0.3, 0.4) is 0 Å². The molecule has 0 radical (unpaired) electrons. The van der Waals surface area contributed by atoms with Crippen molar-refractivity contribution in [2.24, 2.45) is 4.99 Å². The molecule has 3 heterocycles. The number of carbonyl (C=O) groups excluding carboxylic acids is 1. The summed E-state index contributed by atoms with van der Waals surface area (Å²) in [5.74, 6) is 0.177. The Morgan fingerprint density at radius 3 is 2.43 bits per heavy atom. The average molecular weight is 707 g/mol. The Kier molecular flexibility index (Phi) is 9.48. The van der Waals surface area contributed by atoms with Crippen molar-refractivity contribution in [1.82, 2.24) is 9.13 Å². The number of nitrogens with zero attached hydrogens (tertiary/aromatic N) is 3. The number of halogens is 3. The van der Waals surface area contributed by atoms with Gasteiger partial charge in [0.1, 0.15) is 18.4 Å². The third-order valence-electron chi connectivity index (χ3n) is 7.98. The highest BCUT2D eigenvalue weighted by molar-refractivity contribution is 7.07. The number of fused-ring (bicyclic) bond motifs is 1. The van der Waals surface area contributed by atoms with Crippen LogP contribution in [0.4, 0.5) is 0 Å². The van der Waals surface area contributed by atoms with E-state index in [9.17, 15) is 9.59 Å². The Labute approximate surface area is 290 Å². The molecule has 11 heteroatoms. The molecule has 0 N–H and O–H groups in total. The number of benzene rings is 3. The summed E-state index contributed by atoms with van der Waals surface area (Å²) in [6, 6.07) is 21.6. The van der Waals surface area contributed by atoms with Crippen molar-refractivity contribution in [2.75, 3.05) is 6.61 Å². The Bertz CT molecular complexity index is 2230. The highest BCUT2D eigenvalue weighted by Crippen LogP contribution is 2.34. The maximum atomic E-state index is 14.1. The number of aromatic nitrogens is 2. The van der Waals surface area contributed by atoms with E-state index >= 15 is 0 Å². The van der Waals surface area contributed by atoms with Crippen LogP contribution in [0.25, 0.3) is 11.8 Å². The number of hydrogen-bond donors (Lipinski definition) is 0. The molecule has 0 saturated heterocycles. The van der Waals surface area contributed by atoms with Gasteiger partial charge in [-0.2, -0.15) is 0 Å². The van der Waals surface area contributed by atoms with Gasteiger partial charge in [-0.15, -0.1) is 0 Å². The minimum Gasteiger partial charge on any atom is -0.489 e. The van der Waals surface area contributed by atoms with Gasteiger partial charge in [0, 0.05) is 37.7 Å². The average Bonchev–Trinajstić information content (AvgIpc) is 3.49. The lowest BCUT2D eigenvalue weighted by Gasteiger charge is -2.25. The van der Waals surface area contributed by atoms with Gasteiger partial charge in [-0.1, -0.05) is 70.4 Å². The third kappa shape index (κ3) is 6.43. The van der Waals surface area contributed by atoms with E-state index in [1.165, 1.54) is 11.3 Å². The summed E-state index contributed by atoms with van der Waals surface area (Å²) in [4.78, 5) is 32.4. The lowest BCUT2D eigenvalue weighted by atomic mass is 9.96. The molecule has 7 nitrogen and oxygen atoms in total. The first-order chi connectivity index (χ1) is 22.6. The number of rotatable bonds is 8. The molecular formula is C36H30Cl3N3O4S. The van der Waals surface area contributed by atoms with Gasteiger partial charge in [0.2, 0.25) is 0 Å². The van der Waals surface area contributed by atoms with Crippen molar-refractivity contribution in [3.8, 4) is 11.4 Å². The molecule has 47 heavy (non-hydrogen) atoms. The smallest absolute Gasteiger partial charge is 0.338 e. The number of carbonyl (C=O) groups is 1. The number of aryl methyl sites for hydroxylation is 1. The summed E-state index contributed by atoms with van der Waals surface area (Å²) in [5.41, 5.74) is 5.79. The van der Waals surface area contributed by atoms with Crippen LogP contribution in [0.15, 0.2) is 93.9 Å². The second-order valence-electron chi connectivity index (χ2n) is 11.0. The van der Waals surface area contributed by atoms with Crippen LogP contribution in [-0.4, -0.2) is 21.7 Å². The zero-order valence-corrected chi connectivity index (χ0v) is 29.1. The first-order valence-corrected chi connectivity index (χ1v) is 16.8. The van der Waals surface area contributed by atoms with Crippen molar-refractivity contribution in [1.29, 1.82) is 0 Å². The van der Waals surface area contributed by atoms with Crippen molar-refractivity contribution in [3.63, 3.8) is 0 Å². The Morgan fingerprint density at radius 1 is 0.979 bits per heavy atom. The monoisotopic (exact) mass is 705 g/mol. The van der Waals surface area contributed by atoms with Gasteiger partial charge in [0.15, 0.2) is 4.80 Å². The summed E-state index contributed by atoms with van der Waals surface area (Å²) >= 11 is 20.2. The van der Waals surface area contributed by atoms with Crippen LogP contribution in [-0.2, 0) is 16.1 Å². The van der Waals surface area contributed by atoms with Crippen LogP contribution in [0, 0.1) is 13.8 Å². The summed E-state index contributed by atoms with van der Waals surface area (Å²) in [5, 5.41) is 1.58. The third-order valence-corrected chi connectivity index (χ3v) is 9.89. The maximum Gasteiger partial charge on any atom is 0.338 e. The number of esters is 1. The summed E-state index contributed by atoms with van der Waals surface area (Å²) in [6.07, 6.45) is 1.88. The van der Waals surface area contributed by atoms with E-state index in [1.54, 1.807) is 36.6 Å². The summed E-state index contributed by atoms with van der Waals surface area (Å²) in [7, 11) is 0. The van der Waals surface area contributed by atoms with Gasteiger partial charge in [-0.05, 0) is 93.4 Å². The normalized spacial score (nSPS) is 14.6. The van der Waals surface area contributed by atoms with Crippen molar-refractivity contribution in [3.05, 3.63) is 147 Å². The fourth-order valence-electron chi connectivity index (χ4n) is 5.75. The highest BCUT2D eigenvalue weighted by atomic mass is 35.5. The topological polar surface area (TPSA) is 74.8 Å². The van der Waals surface area contributed by atoms with Gasteiger partial charge < -0.3 is 14.0 Å². The highest BCUT2D eigenvalue weighted by Gasteiger charge is 2.34. The van der Waals surface area contributed by atoms with Gasteiger partial charge in [-0.3, -0.25) is 9.36 Å². The largest absolute Gasteiger partial charge is 0.489 e. The Balaban J connectivity index is 1.35. The van der Waals surface area contributed by atoms with Gasteiger partial charge in [-0.25, -0.2) is 9.79 Å². The minimum absolute atomic E-state index is 0.193. The zero-order chi connectivity index (χ0) is 33.4.